The van der Waals surface area contributed by atoms with Crippen LogP contribution in [0.25, 0.3) is 17.0 Å². The lowest BCUT2D eigenvalue weighted by molar-refractivity contribution is 0.382. The van der Waals surface area contributed by atoms with E-state index in [2.05, 4.69) is 48.5 Å². The van der Waals surface area contributed by atoms with Crippen LogP contribution in [-0.4, -0.2) is 30.9 Å². The summed E-state index contributed by atoms with van der Waals surface area (Å²) in [6.45, 7) is 9.89. The number of benzene rings is 1. The minimum atomic E-state index is -0.162. The van der Waals surface area contributed by atoms with Crippen LogP contribution in [-0.2, 0) is 23.9 Å². The van der Waals surface area contributed by atoms with Gasteiger partial charge in [-0.05, 0) is 69.8 Å². The first-order valence-corrected chi connectivity index (χ1v) is 11.9. The minimum absolute atomic E-state index is 0.0485. The molecule has 1 saturated carbocycles. The lowest BCUT2D eigenvalue weighted by Gasteiger charge is -2.34. The van der Waals surface area contributed by atoms with E-state index in [9.17, 15) is 4.79 Å². The Morgan fingerprint density at radius 3 is 2.79 bits per heavy atom. The van der Waals surface area contributed by atoms with Crippen LogP contribution in [0, 0.1) is 0 Å². The molecule has 6 rings (SSSR count). The number of rotatable bonds is 5. The molecule has 0 unspecified atom stereocenters. The van der Waals surface area contributed by atoms with E-state index in [1.54, 1.807) is 21.8 Å². The molecule has 0 bridgehead atoms. The molecule has 1 aliphatic heterocycles. The molecule has 176 valence electrons. The summed E-state index contributed by atoms with van der Waals surface area (Å²) in [6.07, 6.45) is 6.43. The summed E-state index contributed by atoms with van der Waals surface area (Å²) in [5, 5.41) is 7.31. The van der Waals surface area contributed by atoms with Gasteiger partial charge in [0.2, 0.25) is 5.95 Å². The molecule has 3 aromatic heterocycles. The van der Waals surface area contributed by atoms with Crippen molar-refractivity contribution >= 4 is 22.7 Å². The van der Waals surface area contributed by atoms with Gasteiger partial charge in [-0.25, -0.2) is 9.67 Å². The van der Waals surface area contributed by atoms with Gasteiger partial charge >= 0.3 is 6.01 Å². The van der Waals surface area contributed by atoms with Crippen LogP contribution in [0.3, 0.4) is 0 Å². The number of hydrogen-bond donors (Lipinski definition) is 2. The zero-order valence-electron chi connectivity index (χ0n) is 20.0. The van der Waals surface area contributed by atoms with E-state index in [0.717, 1.165) is 37.2 Å². The summed E-state index contributed by atoms with van der Waals surface area (Å²) in [5.41, 5.74) is 4.78. The van der Waals surface area contributed by atoms with Crippen molar-refractivity contribution in [3.63, 3.8) is 0 Å². The molecule has 0 radical (unpaired) electrons. The van der Waals surface area contributed by atoms with E-state index in [1.807, 2.05) is 13.0 Å². The Morgan fingerprint density at radius 1 is 1.21 bits per heavy atom. The molecule has 4 heterocycles. The van der Waals surface area contributed by atoms with Crippen LogP contribution >= 0.6 is 0 Å². The van der Waals surface area contributed by atoms with Crippen molar-refractivity contribution in [2.45, 2.75) is 64.5 Å². The molecule has 9 nitrogen and oxygen atoms in total. The fraction of sp³-hybridized carbons (Fsp3) is 0.440. The van der Waals surface area contributed by atoms with Gasteiger partial charge in [-0.15, -0.1) is 0 Å². The van der Waals surface area contributed by atoms with Crippen molar-refractivity contribution in [2.75, 3.05) is 11.9 Å². The van der Waals surface area contributed by atoms with Gasteiger partial charge in [-0.1, -0.05) is 13.0 Å². The van der Waals surface area contributed by atoms with E-state index in [-0.39, 0.29) is 16.5 Å². The van der Waals surface area contributed by atoms with E-state index >= 15 is 0 Å². The predicted molar refractivity (Wildman–Crippen MR) is 130 cm³/mol. The number of aromatic nitrogens is 5. The highest BCUT2D eigenvalue weighted by Gasteiger charge is 2.42. The molecule has 34 heavy (non-hydrogen) atoms. The molecule has 2 N–H and O–H groups in total. The van der Waals surface area contributed by atoms with Crippen molar-refractivity contribution in [2.24, 2.45) is 0 Å². The van der Waals surface area contributed by atoms with E-state index in [1.165, 1.54) is 11.1 Å². The first-order valence-electron chi connectivity index (χ1n) is 11.9. The molecule has 0 spiro atoms. The Bertz CT molecular complexity index is 1470. The van der Waals surface area contributed by atoms with Crippen LogP contribution in [0.5, 0.6) is 0 Å². The molecule has 4 aromatic rings. The first kappa shape index (κ1) is 21.1. The Labute approximate surface area is 197 Å². The van der Waals surface area contributed by atoms with E-state index < -0.39 is 0 Å². The maximum absolute atomic E-state index is 13.0. The SMILES string of the molecule is CCn1c(=O)c2cnc(Nc3ccc4c(c3)CCNC4(C)C)nc2n1-c1nc(C2(C)CC2)co1. The lowest BCUT2D eigenvalue weighted by Crippen LogP contribution is -2.42. The third-order valence-corrected chi connectivity index (χ3v) is 7.26. The molecule has 1 aromatic carbocycles. The van der Waals surface area contributed by atoms with Crippen LogP contribution < -0.4 is 16.2 Å². The average Bonchev–Trinajstić information content (AvgIpc) is 3.25. The zero-order valence-corrected chi connectivity index (χ0v) is 20.0. The summed E-state index contributed by atoms with van der Waals surface area (Å²) >= 11 is 0. The third-order valence-electron chi connectivity index (χ3n) is 7.26. The number of nitrogens with zero attached hydrogens (tertiary/aromatic N) is 5. The summed E-state index contributed by atoms with van der Waals surface area (Å²) in [6, 6.07) is 6.71. The second kappa shape index (κ2) is 7.27. The molecular formula is C25H29N7O2. The van der Waals surface area contributed by atoms with Crippen molar-refractivity contribution in [1.82, 2.24) is 29.6 Å². The fourth-order valence-electron chi connectivity index (χ4n) is 4.87. The van der Waals surface area contributed by atoms with Crippen LogP contribution in [0.4, 0.5) is 11.6 Å². The molecule has 0 amide bonds. The Morgan fingerprint density at radius 2 is 2.03 bits per heavy atom. The Balaban J connectivity index is 1.40. The van der Waals surface area contributed by atoms with Gasteiger partial charge in [-0.3, -0.25) is 4.79 Å². The predicted octanol–water partition coefficient (Wildman–Crippen LogP) is 3.77. The second-order valence-electron chi connectivity index (χ2n) is 10.1. The highest BCUT2D eigenvalue weighted by atomic mass is 16.4. The van der Waals surface area contributed by atoms with E-state index in [4.69, 9.17) is 14.4 Å². The van der Waals surface area contributed by atoms with Gasteiger partial charge < -0.3 is 15.1 Å². The van der Waals surface area contributed by atoms with Crippen molar-refractivity contribution in [3.05, 3.63) is 57.8 Å². The van der Waals surface area contributed by atoms with Crippen molar-refractivity contribution < 1.29 is 4.42 Å². The molecule has 0 atom stereocenters. The van der Waals surface area contributed by atoms with E-state index in [0.29, 0.717) is 29.5 Å². The number of nitrogens with one attached hydrogen (secondary N) is 2. The molecule has 9 heteroatoms. The highest BCUT2D eigenvalue weighted by molar-refractivity contribution is 5.76. The quantitative estimate of drug-likeness (QED) is 0.468. The van der Waals surface area contributed by atoms with Crippen LogP contribution in [0.2, 0.25) is 0 Å². The van der Waals surface area contributed by atoms with Crippen LogP contribution in [0.1, 0.15) is 57.4 Å². The Hall–Kier alpha value is -3.46. The monoisotopic (exact) mass is 459 g/mol. The number of hydrogen-bond acceptors (Lipinski definition) is 7. The topological polar surface area (TPSA) is 103 Å². The molecule has 0 saturated heterocycles. The largest absolute Gasteiger partial charge is 0.430 e. The number of oxazole rings is 1. The summed E-state index contributed by atoms with van der Waals surface area (Å²) < 4.78 is 9.08. The molecule has 1 aliphatic carbocycles. The highest BCUT2D eigenvalue weighted by Crippen LogP contribution is 2.47. The summed E-state index contributed by atoms with van der Waals surface area (Å²) in [5.74, 6) is 0.420. The van der Waals surface area contributed by atoms with Gasteiger partial charge in [0.1, 0.15) is 11.6 Å². The second-order valence-corrected chi connectivity index (χ2v) is 10.1. The third kappa shape index (κ3) is 3.26. The fourth-order valence-corrected chi connectivity index (χ4v) is 4.87. The van der Waals surface area contributed by atoms with Gasteiger partial charge in [0.05, 0.1) is 5.69 Å². The van der Waals surface area contributed by atoms with Gasteiger partial charge in [0, 0.05) is 29.4 Å². The first-order chi connectivity index (χ1) is 16.3. The van der Waals surface area contributed by atoms with Crippen molar-refractivity contribution in [3.8, 4) is 6.01 Å². The maximum Gasteiger partial charge on any atom is 0.323 e. The van der Waals surface area contributed by atoms with Gasteiger partial charge in [-0.2, -0.15) is 14.6 Å². The zero-order chi connectivity index (χ0) is 23.7. The standard InChI is InChI=1S/C25H29N7O2/c1-5-31-21(33)17-13-26-22(28-16-6-7-18-15(12-16)8-11-27-24(18,2)3)30-20(17)32(31)23-29-19(14-34-23)25(4)9-10-25/h6-7,12-14,27H,5,8-11H2,1-4H3,(H,26,28,30). The Kier molecular flexibility index (Phi) is 4.51. The smallest absolute Gasteiger partial charge is 0.323 e. The normalized spacial score (nSPS) is 18.1. The van der Waals surface area contributed by atoms with Crippen LogP contribution in [0.15, 0.2) is 39.9 Å². The number of anilines is 2. The average molecular weight is 460 g/mol. The summed E-state index contributed by atoms with van der Waals surface area (Å²) in [7, 11) is 0. The maximum atomic E-state index is 13.0. The summed E-state index contributed by atoms with van der Waals surface area (Å²) in [4.78, 5) is 26.9. The minimum Gasteiger partial charge on any atom is -0.430 e. The lowest BCUT2D eigenvalue weighted by atomic mass is 9.85. The molecule has 2 aliphatic rings. The van der Waals surface area contributed by atoms with Crippen molar-refractivity contribution in [1.29, 1.82) is 0 Å². The van der Waals surface area contributed by atoms with Gasteiger partial charge in [0.15, 0.2) is 5.65 Å². The number of fused-ring (bicyclic) bond motifs is 2. The molecule has 1 fully saturated rings. The van der Waals surface area contributed by atoms with Gasteiger partial charge in [0.25, 0.3) is 5.56 Å². The molecular weight excluding hydrogens is 430 g/mol.